The minimum Gasteiger partial charge on any atom is -0.345 e. The summed E-state index contributed by atoms with van der Waals surface area (Å²) in [6, 6.07) is 0. The molecule has 0 saturated heterocycles. The van der Waals surface area contributed by atoms with Crippen LogP contribution in [0.2, 0.25) is 0 Å². The summed E-state index contributed by atoms with van der Waals surface area (Å²) < 4.78 is 0. The first-order valence-corrected chi connectivity index (χ1v) is 3.55. The molecule has 0 aliphatic rings. The highest BCUT2D eigenvalue weighted by Gasteiger charge is 2.00. The molecule has 1 atom stereocenters. The second-order valence-corrected chi connectivity index (χ2v) is 2.21. The van der Waals surface area contributed by atoms with Crippen LogP contribution in [0.25, 0.3) is 0 Å². The van der Waals surface area contributed by atoms with Gasteiger partial charge in [0.05, 0.1) is 0 Å². The van der Waals surface area contributed by atoms with Gasteiger partial charge in [-0.3, -0.25) is 5.73 Å². The third kappa shape index (κ3) is 5.50. The van der Waals surface area contributed by atoms with Crippen molar-refractivity contribution >= 4 is 0 Å². The van der Waals surface area contributed by atoms with Gasteiger partial charge >= 0.3 is 0 Å². The maximum atomic E-state index is 9.50. The minimum absolute atomic E-state index is 0.510. The van der Waals surface area contributed by atoms with E-state index in [1.807, 2.05) is 0 Å². The lowest BCUT2D eigenvalue weighted by Gasteiger charge is -2.04. The summed E-state index contributed by atoms with van der Waals surface area (Å²) >= 11 is 0. The van der Waals surface area contributed by atoms with Gasteiger partial charge in [-0.05, 0) is 6.42 Å². The smallest absolute Gasteiger partial charge is 0.179 e. The number of nitrogens with two attached hydrogens (primary N) is 1. The molecular weight excluding hydrogens is 132 g/mol. The van der Waals surface area contributed by atoms with Gasteiger partial charge in [0.25, 0.3) is 0 Å². The average Bonchev–Trinajstić information content (AvgIpc) is 1.89. The number of hydrogen-bond acceptors (Lipinski definition) is 4. The summed E-state index contributed by atoms with van der Waals surface area (Å²) in [5.41, 5.74) is 5.31. The average molecular weight is 146 g/mol. The molecule has 0 amide bonds. The van der Waals surface area contributed by atoms with E-state index in [1.165, 1.54) is 0 Å². The first-order valence-electron chi connectivity index (χ1n) is 3.55. The highest BCUT2D eigenvalue weighted by molar-refractivity contribution is 4.46. The van der Waals surface area contributed by atoms with Crippen LogP contribution in [0.3, 0.4) is 0 Å². The summed E-state index contributed by atoms with van der Waals surface area (Å²) in [6.45, 7) is 2.10. The quantitative estimate of drug-likeness (QED) is 0.267. The molecule has 0 fully saturated rings. The summed E-state index contributed by atoms with van der Waals surface area (Å²) in [5.74, 6) is 0. The van der Waals surface area contributed by atoms with Crippen LogP contribution in [-0.4, -0.2) is 6.23 Å². The molecular formula is C6H14N2O2. The third-order valence-corrected chi connectivity index (χ3v) is 1.27. The van der Waals surface area contributed by atoms with Gasteiger partial charge in [-0.25, -0.2) is 0 Å². The van der Waals surface area contributed by atoms with E-state index in [-0.39, 0.29) is 0 Å². The monoisotopic (exact) mass is 146 g/mol. The molecule has 0 aromatic carbocycles. The Labute approximate surface area is 60.7 Å². The van der Waals surface area contributed by atoms with Crippen molar-refractivity contribution in [2.75, 3.05) is 0 Å². The third-order valence-electron chi connectivity index (χ3n) is 1.27. The zero-order chi connectivity index (χ0) is 7.82. The second kappa shape index (κ2) is 6.48. The fourth-order valence-corrected chi connectivity index (χ4v) is 0.704. The normalized spacial score (nSPS) is 12.6. The largest absolute Gasteiger partial charge is 0.345 e. The Bertz CT molecular complexity index is 87.8. The van der Waals surface area contributed by atoms with E-state index >= 15 is 0 Å². The molecule has 0 aliphatic heterocycles. The molecule has 60 valence electrons. The molecule has 1 unspecified atom stereocenters. The fourth-order valence-electron chi connectivity index (χ4n) is 0.704. The summed E-state index contributed by atoms with van der Waals surface area (Å²) in [7, 11) is 0. The number of nitrogens with zero attached hydrogens (tertiary/aromatic N) is 1. The zero-order valence-electron chi connectivity index (χ0n) is 6.25. The standard InChI is InChI=1S/C6H14N2O2/c1-2-3-4-5-6(7)10-8-9/h6H,2-5,7H2,1H3. The van der Waals surface area contributed by atoms with E-state index in [4.69, 9.17) is 5.73 Å². The van der Waals surface area contributed by atoms with Gasteiger partial charge in [0.1, 0.15) is 0 Å². The van der Waals surface area contributed by atoms with Crippen molar-refractivity contribution in [3.8, 4) is 0 Å². The first-order chi connectivity index (χ1) is 4.81. The van der Waals surface area contributed by atoms with Gasteiger partial charge in [0.2, 0.25) is 0 Å². The molecule has 0 aromatic rings. The second-order valence-electron chi connectivity index (χ2n) is 2.21. The predicted octanol–water partition coefficient (Wildman–Crippen LogP) is 1.55. The predicted molar refractivity (Wildman–Crippen MR) is 39.0 cm³/mol. The van der Waals surface area contributed by atoms with Crippen molar-refractivity contribution in [2.45, 2.75) is 38.8 Å². The van der Waals surface area contributed by atoms with Gasteiger partial charge in [0, 0.05) is 6.42 Å². The van der Waals surface area contributed by atoms with Crippen molar-refractivity contribution in [3.05, 3.63) is 4.91 Å². The van der Waals surface area contributed by atoms with Crippen molar-refractivity contribution in [2.24, 2.45) is 11.1 Å². The topological polar surface area (TPSA) is 64.7 Å². The molecule has 0 rings (SSSR count). The molecule has 4 nitrogen and oxygen atoms in total. The summed E-state index contributed by atoms with van der Waals surface area (Å²) in [4.78, 5) is 13.7. The van der Waals surface area contributed by atoms with Gasteiger partial charge < -0.3 is 4.84 Å². The Morgan fingerprint density at radius 2 is 2.30 bits per heavy atom. The Morgan fingerprint density at radius 1 is 1.60 bits per heavy atom. The summed E-state index contributed by atoms with van der Waals surface area (Å²) in [5, 5.41) is 2.24. The Hall–Kier alpha value is -0.640. The van der Waals surface area contributed by atoms with Crippen LogP contribution in [0.4, 0.5) is 0 Å². The van der Waals surface area contributed by atoms with E-state index in [9.17, 15) is 4.91 Å². The lowest BCUT2D eigenvalue weighted by molar-refractivity contribution is 0.0521. The van der Waals surface area contributed by atoms with E-state index in [2.05, 4.69) is 17.1 Å². The lowest BCUT2D eigenvalue weighted by Crippen LogP contribution is -2.20. The van der Waals surface area contributed by atoms with Crippen molar-refractivity contribution in [1.82, 2.24) is 0 Å². The highest BCUT2D eigenvalue weighted by Crippen LogP contribution is 2.02. The minimum atomic E-state index is -0.510. The Balaban J connectivity index is 3.04. The van der Waals surface area contributed by atoms with Crippen LogP contribution in [0.1, 0.15) is 32.6 Å². The van der Waals surface area contributed by atoms with Gasteiger partial charge in [-0.1, -0.05) is 19.8 Å². The van der Waals surface area contributed by atoms with E-state index < -0.39 is 6.23 Å². The number of unbranched alkanes of at least 4 members (excludes halogenated alkanes) is 2. The van der Waals surface area contributed by atoms with Crippen molar-refractivity contribution in [3.63, 3.8) is 0 Å². The van der Waals surface area contributed by atoms with Gasteiger partial charge in [0.15, 0.2) is 11.6 Å². The highest BCUT2D eigenvalue weighted by atomic mass is 16.7. The fraction of sp³-hybridized carbons (Fsp3) is 1.00. The molecule has 0 aromatic heterocycles. The van der Waals surface area contributed by atoms with Gasteiger partial charge in [-0.2, -0.15) is 0 Å². The van der Waals surface area contributed by atoms with Crippen molar-refractivity contribution in [1.29, 1.82) is 0 Å². The van der Waals surface area contributed by atoms with Crippen LogP contribution >= 0.6 is 0 Å². The van der Waals surface area contributed by atoms with E-state index in [1.54, 1.807) is 0 Å². The molecule has 0 aliphatic carbocycles. The van der Waals surface area contributed by atoms with Crippen LogP contribution in [0.5, 0.6) is 0 Å². The molecule has 0 radical (unpaired) electrons. The number of hydrogen-bond donors (Lipinski definition) is 1. The lowest BCUT2D eigenvalue weighted by atomic mass is 10.2. The number of rotatable bonds is 6. The molecule has 10 heavy (non-hydrogen) atoms. The molecule has 0 saturated carbocycles. The van der Waals surface area contributed by atoms with Crippen LogP contribution in [0, 0.1) is 4.91 Å². The van der Waals surface area contributed by atoms with E-state index in [0.29, 0.717) is 6.42 Å². The molecule has 2 N–H and O–H groups in total. The van der Waals surface area contributed by atoms with Crippen molar-refractivity contribution < 1.29 is 4.84 Å². The van der Waals surface area contributed by atoms with Crippen LogP contribution in [-0.2, 0) is 4.84 Å². The zero-order valence-corrected chi connectivity index (χ0v) is 6.25. The first kappa shape index (κ1) is 9.36. The Morgan fingerprint density at radius 3 is 2.80 bits per heavy atom. The van der Waals surface area contributed by atoms with Gasteiger partial charge in [-0.15, -0.1) is 4.91 Å². The maximum Gasteiger partial charge on any atom is 0.179 e. The SMILES string of the molecule is CCCCCC(N)ON=O. The molecule has 0 bridgehead atoms. The maximum absolute atomic E-state index is 9.50. The Kier molecular flexibility index (Phi) is 6.06. The summed E-state index contributed by atoms with van der Waals surface area (Å²) in [6.07, 6.45) is 3.45. The molecule has 0 heterocycles. The van der Waals surface area contributed by atoms with E-state index in [0.717, 1.165) is 19.3 Å². The molecule has 4 heteroatoms. The van der Waals surface area contributed by atoms with Crippen LogP contribution < -0.4 is 5.73 Å². The molecule has 0 spiro atoms. The van der Waals surface area contributed by atoms with Crippen LogP contribution in [0.15, 0.2) is 5.34 Å².